The quantitative estimate of drug-likeness (QED) is 0.499. The molecule has 4 nitrogen and oxygen atoms in total. The number of aromatic amines is 1. The molecule has 1 heterocycles. The Bertz CT molecular complexity index is 438. The maximum Gasteiger partial charge on any atom is 0.215 e. The zero-order chi connectivity index (χ0) is 9.97. The van der Waals surface area contributed by atoms with Crippen molar-refractivity contribution in [2.45, 2.75) is 0 Å². The first-order chi connectivity index (χ1) is 6.79. The number of nitrogens with two attached hydrogens (primary N) is 1. The van der Waals surface area contributed by atoms with Crippen molar-refractivity contribution in [2.24, 2.45) is 5.84 Å². The largest absolute Gasteiger partial charge is 0.323 e. The van der Waals surface area contributed by atoms with Gasteiger partial charge in [-0.2, -0.15) is 0 Å². The molecule has 0 amide bonds. The van der Waals surface area contributed by atoms with Crippen LogP contribution in [-0.2, 0) is 0 Å². The van der Waals surface area contributed by atoms with E-state index >= 15 is 0 Å². The number of hydrogen-bond acceptors (Lipinski definition) is 3. The van der Waals surface area contributed by atoms with Gasteiger partial charge in [0.1, 0.15) is 5.82 Å². The Morgan fingerprint density at radius 2 is 2.29 bits per heavy atom. The van der Waals surface area contributed by atoms with E-state index in [2.05, 4.69) is 15.4 Å². The Labute approximate surface area is 79.9 Å². The summed E-state index contributed by atoms with van der Waals surface area (Å²) in [6.45, 7) is 0. The van der Waals surface area contributed by atoms with Crippen molar-refractivity contribution in [1.29, 1.82) is 0 Å². The van der Waals surface area contributed by atoms with Gasteiger partial charge in [0.05, 0.1) is 11.9 Å². The summed E-state index contributed by atoms with van der Waals surface area (Å²) in [5.41, 5.74) is 3.83. The van der Waals surface area contributed by atoms with Crippen LogP contribution in [0.5, 0.6) is 0 Å². The van der Waals surface area contributed by atoms with Crippen LogP contribution in [0.2, 0.25) is 0 Å². The Morgan fingerprint density at radius 1 is 1.43 bits per heavy atom. The molecule has 0 aliphatic heterocycles. The molecule has 4 N–H and O–H groups in total. The lowest BCUT2D eigenvalue weighted by Gasteiger charge is -1.96. The third-order valence-electron chi connectivity index (χ3n) is 1.85. The summed E-state index contributed by atoms with van der Waals surface area (Å²) in [6, 6.07) is 6.24. The van der Waals surface area contributed by atoms with Crippen LogP contribution in [0, 0.1) is 5.82 Å². The molecule has 0 aliphatic carbocycles. The first kappa shape index (κ1) is 8.71. The highest BCUT2D eigenvalue weighted by molar-refractivity contribution is 5.60. The zero-order valence-corrected chi connectivity index (χ0v) is 7.29. The van der Waals surface area contributed by atoms with Crippen LogP contribution in [0.1, 0.15) is 0 Å². The van der Waals surface area contributed by atoms with E-state index in [0.29, 0.717) is 5.95 Å². The van der Waals surface area contributed by atoms with Gasteiger partial charge in [0.2, 0.25) is 5.95 Å². The third kappa shape index (κ3) is 1.57. The molecule has 0 bridgehead atoms. The Kier molecular flexibility index (Phi) is 2.16. The second kappa shape index (κ2) is 3.47. The van der Waals surface area contributed by atoms with Crippen molar-refractivity contribution in [2.75, 3.05) is 5.43 Å². The van der Waals surface area contributed by atoms with Gasteiger partial charge in [-0.05, 0) is 12.1 Å². The molecule has 0 saturated carbocycles. The maximum absolute atomic E-state index is 12.9. The first-order valence-corrected chi connectivity index (χ1v) is 4.07. The van der Waals surface area contributed by atoms with Crippen molar-refractivity contribution in [3.05, 3.63) is 36.3 Å². The van der Waals surface area contributed by atoms with Crippen LogP contribution in [0.3, 0.4) is 0 Å². The van der Waals surface area contributed by atoms with Crippen LogP contribution >= 0.6 is 0 Å². The summed E-state index contributed by atoms with van der Waals surface area (Å²) in [5.74, 6) is 5.32. The molecule has 0 radical (unpaired) electrons. The van der Waals surface area contributed by atoms with E-state index in [1.54, 1.807) is 18.3 Å². The van der Waals surface area contributed by atoms with E-state index in [4.69, 9.17) is 5.84 Å². The minimum absolute atomic E-state index is 0.278. The van der Waals surface area contributed by atoms with E-state index < -0.39 is 0 Å². The van der Waals surface area contributed by atoms with Crippen LogP contribution < -0.4 is 11.3 Å². The molecule has 5 heteroatoms. The summed E-state index contributed by atoms with van der Waals surface area (Å²) in [4.78, 5) is 6.82. The van der Waals surface area contributed by atoms with Crippen LogP contribution in [0.4, 0.5) is 10.3 Å². The highest BCUT2D eigenvalue weighted by atomic mass is 19.1. The molecular formula is C9H9FN4. The van der Waals surface area contributed by atoms with Gasteiger partial charge in [-0.15, -0.1) is 0 Å². The molecule has 0 saturated heterocycles. The normalized spacial score (nSPS) is 10.1. The molecule has 0 unspecified atom stereocenters. The SMILES string of the molecule is NNc1ncc(-c2cccc(F)c2)[nH]1. The number of hydrogen-bond donors (Lipinski definition) is 3. The second-order valence-corrected chi connectivity index (χ2v) is 2.80. The number of hydrazine groups is 1. The Morgan fingerprint density at radius 3 is 2.93 bits per heavy atom. The number of nitrogens with zero attached hydrogens (tertiary/aromatic N) is 1. The topological polar surface area (TPSA) is 66.7 Å². The van der Waals surface area contributed by atoms with Crippen molar-refractivity contribution in [3.63, 3.8) is 0 Å². The number of nitrogens with one attached hydrogen (secondary N) is 2. The molecule has 1 aromatic carbocycles. The van der Waals surface area contributed by atoms with Gasteiger partial charge in [0.15, 0.2) is 0 Å². The molecule has 0 aliphatic rings. The summed E-state index contributed by atoms with van der Waals surface area (Å²) in [5, 5.41) is 0. The zero-order valence-electron chi connectivity index (χ0n) is 7.29. The van der Waals surface area contributed by atoms with Gasteiger partial charge in [0.25, 0.3) is 0 Å². The van der Waals surface area contributed by atoms with Gasteiger partial charge in [-0.25, -0.2) is 15.2 Å². The maximum atomic E-state index is 12.9. The van der Waals surface area contributed by atoms with Gasteiger partial charge >= 0.3 is 0 Å². The van der Waals surface area contributed by atoms with Gasteiger partial charge in [-0.3, -0.25) is 5.43 Å². The number of benzene rings is 1. The van der Waals surface area contributed by atoms with Crippen LogP contribution in [0.25, 0.3) is 11.3 Å². The summed E-state index contributed by atoms with van der Waals surface area (Å²) >= 11 is 0. The molecule has 1 aromatic heterocycles. The van der Waals surface area contributed by atoms with Crippen molar-refractivity contribution in [3.8, 4) is 11.3 Å². The Hall–Kier alpha value is -1.88. The predicted molar refractivity (Wildman–Crippen MR) is 51.8 cm³/mol. The smallest absolute Gasteiger partial charge is 0.215 e. The van der Waals surface area contributed by atoms with Gasteiger partial charge in [-0.1, -0.05) is 12.1 Å². The van der Waals surface area contributed by atoms with Crippen molar-refractivity contribution < 1.29 is 4.39 Å². The summed E-state index contributed by atoms with van der Waals surface area (Å²) < 4.78 is 12.9. The lowest BCUT2D eigenvalue weighted by atomic mass is 10.2. The fourth-order valence-electron chi connectivity index (χ4n) is 1.20. The first-order valence-electron chi connectivity index (χ1n) is 4.07. The fourth-order valence-corrected chi connectivity index (χ4v) is 1.20. The van der Waals surface area contributed by atoms with E-state index in [1.807, 2.05) is 0 Å². The summed E-state index contributed by atoms with van der Waals surface area (Å²) in [7, 11) is 0. The molecule has 72 valence electrons. The average Bonchev–Trinajstić information content (AvgIpc) is 2.66. The molecule has 2 aromatic rings. The highest BCUT2D eigenvalue weighted by Crippen LogP contribution is 2.18. The molecular weight excluding hydrogens is 183 g/mol. The fraction of sp³-hybridized carbons (Fsp3) is 0. The molecule has 0 spiro atoms. The number of rotatable bonds is 2. The molecule has 14 heavy (non-hydrogen) atoms. The van der Waals surface area contributed by atoms with E-state index in [-0.39, 0.29) is 5.82 Å². The number of anilines is 1. The van der Waals surface area contributed by atoms with Crippen molar-refractivity contribution in [1.82, 2.24) is 9.97 Å². The minimum atomic E-state index is -0.278. The monoisotopic (exact) mass is 192 g/mol. The number of aromatic nitrogens is 2. The average molecular weight is 192 g/mol. The molecule has 0 atom stereocenters. The lowest BCUT2D eigenvalue weighted by molar-refractivity contribution is 0.628. The molecule has 0 fully saturated rings. The van der Waals surface area contributed by atoms with Crippen LogP contribution in [-0.4, -0.2) is 9.97 Å². The van der Waals surface area contributed by atoms with Crippen LogP contribution in [0.15, 0.2) is 30.5 Å². The number of imidazole rings is 1. The Balaban J connectivity index is 2.39. The van der Waals surface area contributed by atoms with E-state index in [0.717, 1.165) is 11.3 Å². The number of H-pyrrole nitrogens is 1. The van der Waals surface area contributed by atoms with E-state index in [1.165, 1.54) is 12.1 Å². The highest BCUT2D eigenvalue weighted by Gasteiger charge is 2.02. The number of nitrogen functional groups attached to an aromatic ring is 1. The van der Waals surface area contributed by atoms with Gasteiger partial charge in [0, 0.05) is 5.56 Å². The van der Waals surface area contributed by atoms with Gasteiger partial charge < -0.3 is 4.98 Å². The second-order valence-electron chi connectivity index (χ2n) is 2.80. The van der Waals surface area contributed by atoms with E-state index in [9.17, 15) is 4.39 Å². The number of halogens is 1. The third-order valence-corrected chi connectivity index (χ3v) is 1.85. The summed E-state index contributed by atoms with van der Waals surface area (Å²) in [6.07, 6.45) is 1.59. The van der Waals surface area contributed by atoms with Crippen molar-refractivity contribution >= 4 is 5.95 Å². The lowest BCUT2D eigenvalue weighted by Crippen LogP contribution is -2.07. The standard InChI is InChI=1S/C9H9FN4/c10-7-3-1-2-6(4-7)8-5-12-9(13-8)14-11/h1-5H,11H2,(H2,12,13,14). The molecule has 2 rings (SSSR count). The predicted octanol–water partition coefficient (Wildman–Crippen LogP) is 1.50. The minimum Gasteiger partial charge on any atom is -0.323 e.